The van der Waals surface area contributed by atoms with Crippen LogP contribution in [0, 0.1) is 0 Å². The van der Waals surface area contributed by atoms with Gasteiger partial charge in [0.05, 0.1) is 6.61 Å². The van der Waals surface area contributed by atoms with Gasteiger partial charge in [0.15, 0.2) is 0 Å². The third kappa shape index (κ3) is 21.5. The van der Waals surface area contributed by atoms with E-state index in [1.807, 2.05) is 0 Å². The molecule has 37 valence electrons. The molecule has 0 unspecified atom stereocenters. The van der Waals surface area contributed by atoms with Crippen LogP contribution < -0.4 is 0 Å². The zero-order valence-corrected chi connectivity index (χ0v) is 6.05. The maximum atomic E-state index is 8.30. The molecule has 0 aromatic rings. The Balaban J connectivity index is 0. The van der Waals surface area contributed by atoms with Crippen LogP contribution in [0.25, 0.3) is 0 Å². The van der Waals surface area contributed by atoms with Gasteiger partial charge in [0.25, 0.3) is 0 Å². The molecule has 0 aliphatic rings. The van der Waals surface area contributed by atoms with E-state index in [9.17, 15) is 0 Å². The van der Waals surface area contributed by atoms with Crippen molar-refractivity contribution in [2.75, 3.05) is 12.5 Å². The first-order valence-electron chi connectivity index (χ1n) is 1.27. The first kappa shape index (κ1) is 9.92. The number of halogens is 1. The SMILES string of the molecule is OCCCl.[O]=[Nb]. The number of alkyl halides is 1. The van der Waals surface area contributed by atoms with Crippen molar-refractivity contribution in [3.05, 3.63) is 0 Å². The van der Waals surface area contributed by atoms with Crippen molar-refractivity contribution in [2.45, 2.75) is 0 Å². The van der Waals surface area contributed by atoms with E-state index >= 15 is 0 Å². The molecule has 0 aromatic carbocycles. The van der Waals surface area contributed by atoms with Gasteiger partial charge in [-0.1, -0.05) is 0 Å². The van der Waals surface area contributed by atoms with Crippen molar-refractivity contribution in [3.63, 3.8) is 0 Å². The predicted molar refractivity (Wildman–Crippen MR) is 18.5 cm³/mol. The number of rotatable bonds is 1. The summed E-state index contributed by atoms with van der Waals surface area (Å²) in [5.41, 5.74) is 0. The zero-order valence-electron chi connectivity index (χ0n) is 3.09. The summed E-state index contributed by atoms with van der Waals surface area (Å²) >= 11 is 5.44. The van der Waals surface area contributed by atoms with Crippen molar-refractivity contribution in [2.24, 2.45) is 0 Å². The molecule has 0 saturated carbocycles. The fourth-order valence-corrected chi connectivity index (χ4v) is 0. The average Bonchev–Trinajstić information content (AvgIpc) is 1.72. The molecular weight excluding hydrogens is 184 g/mol. The van der Waals surface area contributed by atoms with Gasteiger partial charge in [-0.05, 0) is 0 Å². The molecule has 0 aromatic heterocycles. The molecular formula is C2H5ClNbO2. The maximum absolute atomic E-state index is 8.30. The van der Waals surface area contributed by atoms with Crippen LogP contribution in [0.15, 0.2) is 0 Å². The van der Waals surface area contributed by atoms with Gasteiger partial charge in [-0.15, -0.1) is 11.6 Å². The van der Waals surface area contributed by atoms with E-state index in [0.29, 0.717) is 26.9 Å². The summed E-state index contributed by atoms with van der Waals surface area (Å²) in [6, 6.07) is 0. The molecule has 4 heteroatoms. The van der Waals surface area contributed by atoms with E-state index < -0.39 is 0 Å². The summed E-state index contributed by atoms with van der Waals surface area (Å²) in [6.45, 7) is 0.0849. The Labute approximate surface area is 53.8 Å². The van der Waals surface area contributed by atoms with Crippen LogP contribution >= 0.6 is 11.6 Å². The molecule has 0 atom stereocenters. The number of aliphatic hydroxyl groups is 1. The van der Waals surface area contributed by atoms with Crippen molar-refractivity contribution in [1.29, 1.82) is 0 Å². The van der Waals surface area contributed by atoms with Crippen LogP contribution in [0.3, 0.4) is 0 Å². The van der Waals surface area contributed by atoms with E-state index in [2.05, 4.69) is 0 Å². The summed E-state index contributed by atoms with van der Waals surface area (Å²) in [5.74, 6) is 0.347. The Morgan fingerprint density at radius 3 is 1.83 bits per heavy atom. The zero-order chi connectivity index (χ0) is 5.41. The van der Waals surface area contributed by atoms with Crippen LogP contribution in [0.4, 0.5) is 0 Å². The second-order valence-electron chi connectivity index (χ2n) is 0.413. The molecule has 0 amide bonds. The Bertz CT molecular complexity index is 19.0. The first-order valence-corrected chi connectivity index (χ1v) is 2.70. The van der Waals surface area contributed by atoms with Gasteiger partial charge in [-0.25, -0.2) is 0 Å². The normalized spacial score (nSPS) is 5.50. The van der Waals surface area contributed by atoms with Gasteiger partial charge in [0.2, 0.25) is 0 Å². The third-order valence-electron chi connectivity index (χ3n) is 0.0845. The Morgan fingerprint density at radius 2 is 1.83 bits per heavy atom. The van der Waals surface area contributed by atoms with Crippen molar-refractivity contribution >= 4 is 11.6 Å². The summed E-state index contributed by atoms with van der Waals surface area (Å²) < 4.78 is 8.30. The second-order valence-corrected chi connectivity index (χ2v) is 0.791. The van der Waals surface area contributed by atoms with Crippen molar-refractivity contribution in [1.82, 2.24) is 0 Å². The molecule has 2 nitrogen and oxygen atoms in total. The van der Waals surface area contributed by atoms with E-state index in [-0.39, 0.29) is 6.61 Å². The van der Waals surface area contributed by atoms with Crippen LogP contribution in [0.1, 0.15) is 0 Å². The Kier molecular flexibility index (Phi) is 28.2. The molecule has 0 bridgehead atoms. The van der Waals surface area contributed by atoms with E-state index in [4.69, 9.17) is 20.0 Å². The van der Waals surface area contributed by atoms with E-state index in [1.54, 1.807) is 0 Å². The number of hydrogen-bond acceptors (Lipinski definition) is 2. The topological polar surface area (TPSA) is 37.3 Å². The van der Waals surface area contributed by atoms with E-state index in [0.717, 1.165) is 0 Å². The quantitative estimate of drug-likeness (QED) is 0.469. The molecule has 0 spiro atoms. The van der Waals surface area contributed by atoms with Crippen LogP contribution in [0.5, 0.6) is 0 Å². The standard InChI is InChI=1S/C2H5ClO.Nb.O/c3-1-2-4;;/h4H,1-2H2;;. The summed E-state index contributed by atoms with van der Waals surface area (Å²) in [7, 11) is 0. The molecule has 0 heterocycles. The van der Waals surface area contributed by atoms with Gasteiger partial charge in [0, 0.05) is 5.88 Å². The molecule has 1 N–H and O–H groups in total. The minimum atomic E-state index is 0.0849. The van der Waals surface area contributed by atoms with Gasteiger partial charge in [-0.3, -0.25) is 0 Å². The van der Waals surface area contributed by atoms with Crippen LogP contribution in [-0.4, -0.2) is 17.6 Å². The number of hydrogen-bond donors (Lipinski definition) is 1. The number of aliphatic hydroxyl groups excluding tert-OH is 1. The van der Waals surface area contributed by atoms with Gasteiger partial charge in [0.1, 0.15) is 0 Å². The van der Waals surface area contributed by atoms with Crippen molar-refractivity contribution in [3.8, 4) is 0 Å². The molecule has 0 aliphatic heterocycles. The van der Waals surface area contributed by atoms with Crippen molar-refractivity contribution < 1.29 is 29.4 Å². The summed E-state index contributed by atoms with van der Waals surface area (Å²) in [4.78, 5) is 0. The molecule has 0 radical (unpaired) electrons. The minimum absolute atomic E-state index is 0.0849. The Hall–Kier alpha value is 0.790. The summed E-state index contributed by atoms with van der Waals surface area (Å²) in [5, 5.41) is 7.74. The molecule has 0 rings (SSSR count). The van der Waals surface area contributed by atoms with Gasteiger partial charge in [-0.2, -0.15) is 0 Å². The van der Waals surface area contributed by atoms with E-state index in [1.165, 1.54) is 0 Å². The predicted octanol–water partition coefficient (Wildman–Crippen LogP) is 0.0962. The molecule has 6 heavy (non-hydrogen) atoms. The fraction of sp³-hybridized carbons (Fsp3) is 1.00. The average molecular weight is 189 g/mol. The van der Waals surface area contributed by atoms with Crippen LogP contribution in [0.2, 0.25) is 0 Å². The summed E-state index contributed by atoms with van der Waals surface area (Å²) in [6.07, 6.45) is 0. The molecule has 0 aliphatic carbocycles. The first-order chi connectivity index (χ1) is 2.91. The monoisotopic (exact) mass is 189 g/mol. The molecule has 0 fully saturated rings. The van der Waals surface area contributed by atoms with Gasteiger partial charge < -0.3 is 5.11 Å². The fourth-order valence-electron chi connectivity index (χ4n) is 0. The molecule has 0 saturated heterocycles. The Morgan fingerprint density at radius 1 is 1.67 bits per heavy atom. The third-order valence-corrected chi connectivity index (χ3v) is 0.254. The van der Waals surface area contributed by atoms with Gasteiger partial charge >= 0.3 is 24.3 Å². The van der Waals surface area contributed by atoms with Crippen LogP contribution in [-0.2, 0) is 24.3 Å². The second kappa shape index (κ2) is 17.1.